The SMILES string of the molecule is CCCCOC1(c2ccc(F)cc2)CN(C(=O)[C@H](Cc2ccc(OC)cc2)NC(=O)[C@H](Cc2cnc[nH]2)NC(=O)c2ccccc2)C1. The van der Waals surface area contributed by atoms with Gasteiger partial charge in [0.25, 0.3) is 5.91 Å². The molecule has 11 heteroatoms. The zero-order valence-corrected chi connectivity index (χ0v) is 26.6. The first-order valence-electron chi connectivity index (χ1n) is 15.8. The summed E-state index contributed by atoms with van der Waals surface area (Å²) < 4.78 is 25.4. The minimum absolute atomic E-state index is 0.135. The monoisotopic (exact) mass is 641 g/mol. The number of methoxy groups -OCH3 is 1. The molecule has 246 valence electrons. The van der Waals surface area contributed by atoms with Crippen LogP contribution in [0.5, 0.6) is 5.75 Å². The molecule has 0 spiro atoms. The van der Waals surface area contributed by atoms with Crippen LogP contribution in [0.1, 0.15) is 46.9 Å². The smallest absolute Gasteiger partial charge is 0.251 e. The Morgan fingerprint density at radius 1 is 0.957 bits per heavy atom. The lowest BCUT2D eigenvalue weighted by molar-refractivity contribution is -0.175. The highest BCUT2D eigenvalue weighted by Crippen LogP contribution is 2.37. The van der Waals surface area contributed by atoms with Crippen molar-refractivity contribution in [3.63, 3.8) is 0 Å². The summed E-state index contributed by atoms with van der Waals surface area (Å²) in [4.78, 5) is 49.8. The van der Waals surface area contributed by atoms with Gasteiger partial charge < -0.3 is 30.0 Å². The van der Waals surface area contributed by atoms with Crippen molar-refractivity contribution in [2.75, 3.05) is 26.8 Å². The molecule has 0 aliphatic carbocycles. The number of carbonyl (C=O) groups is 3. The van der Waals surface area contributed by atoms with Crippen LogP contribution in [0.3, 0.4) is 0 Å². The highest BCUT2D eigenvalue weighted by molar-refractivity contribution is 5.98. The minimum atomic E-state index is -0.999. The van der Waals surface area contributed by atoms with E-state index in [-0.39, 0.29) is 37.7 Å². The molecule has 0 saturated carbocycles. The van der Waals surface area contributed by atoms with E-state index in [2.05, 4.69) is 27.5 Å². The van der Waals surface area contributed by atoms with Gasteiger partial charge >= 0.3 is 0 Å². The first kappa shape index (κ1) is 33.3. The molecule has 0 radical (unpaired) electrons. The van der Waals surface area contributed by atoms with Crippen molar-refractivity contribution in [2.45, 2.75) is 50.3 Å². The molecule has 1 aliphatic rings. The standard InChI is InChI=1S/C36H40FN5O5/c1-3-4-18-47-36(27-12-14-28(37)15-13-27)22-42(23-36)35(45)32(19-25-10-16-30(46-2)17-11-25)41-34(44)31(20-29-21-38-24-39-29)40-33(43)26-8-6-5-7-9-26/h5-17,21,24,31-32H,3-4,18-20,22-23H2,1-2H3,(H,38,39)(H,40,43)(H,41,44)/t31-,32-/m0/s1. The number of benzene rings is 3. The maximum absolute atomic E-state index is 14.1. The molecular formula is C36H40FN5O5. The summed E-state index contributed by atoms with van der Waals surface area (Å²) in [5.74, 6) is -0.906. The van der Waals surface area contributed by atoms with Crippen molar-refractivity contribution in [1.29, 1.82) is 0 Å². The van der Waals surface area contributed by atoms with E-state index in [1.54, 1.807) is 72.8 Å². The number of imidazole rings is 1. The fourth-order valence-corrected chi connectivity index (χ4v) is 5.60. The Kier molecular flexibility index (Phi) is 11.0. The van der Waals surface area contributed by atoms with Crippen molar-refractivity contribution < 1.29 is 28.2 Å². The van der Waals surface area contributed by atoms with Gasteiger partial charge in [-0.2, -0.15) is 0 Å². The molecule has 1 fully saturated rings. The molecule has 3 amide bonds. The lowest BCUT2D eigenvalue weighted by Gasteiger charge is -2.51. The van der Waals surface area contributed by atoms with Gasteiger partial charge in [0.2, 0.25) is 11.8 Å². The molecule has 5 rings (SSSR count). The van der Waals surface area contributed by atoms with E-state index in [0.717, 1.165) is 24.0 Å². The third-order valence-electron chi connectivity index (χ3n) is 8.30. The van der Waals surface area contributed by atoms with Crippen LogP contribution in [-0.2, 0) is 32.8 Å². The number of aromatic amines is 1. The van der Waals surface area contributed by atoms with Crippen LogP contribution in [0.4, 0.5) is 4.39 Å². The molecule has 0 bridgehead atoms. The normalized spacial score (nSPS) is 14.8. The molecule has 4 aromatic rings. The van der Waals surface area contributed by atoms with Crippen molar-refractivity contribution in [1.82, 2.24) is 25.5 Å². The second-order valence-corrected chi connectivity index (χ2v) is 11.7. The predicted molar refractivity (Wildman–Crippen MR) is 174 cm³/mol. The molecule has 47 heavy (non-hydrogen) atoms. The van der Waals surface area contributed by atoms with Crippen LogP contribution in [0, 0.1) is 5.82 Å². The van der Waals surface area contributed by atoms with Crippen LogP contribution < -0.4 is 15.4 Å². The number of likely N-dealkylation sites (tertiary alicyclic amines) is 1. The van der Waals surface area contributed by atoms with Crippen molar-refractivity contribution in [2.24, 2.45) is 0 Å². The maximum Gasteiger partial charge on any atom is 0.251 e. The molecule has 3 N–H and O–H groups in total. The summed E-state index contributed by atoms with van der Waals surface area (Å²) in [6, 6.07) is 20.1. The quantitative estimate of drug-likeness (QED) is 0.167. The van der Waals surface area contributed by atoms with Crippen molar-refractivity contribution >= 4 is 17.7 Å². The summed E-state index contributed by atoms with van der Waals surface area (Å²) >= 11 is 0. The number of rotatable bonds is 15. The van der Waals surface area contributed by atoms with E-state index in [9.17, 15) is 18.8 Å². The van der Waals surface area contributed by atoms with E-state index in [1.165, 1.54) is 18.5 Å². The maximum atomic E-state index is 14.1. The fraction of sp³-hybridized carbons (Fsp3) is 0.333. The number of nitrogens with zero attached hydrogens (tertiary/aromatic N) is 2. The minimum Gasteiger partial charge on any atom is -0.497 e. The molecule has 2 atom stereocenters. The fourth-order valence-electron chi connectivity index (χ4n) is 5.60. The lowest BCUT2D eigenvalue weighted by Crippen LogP contribution is -2.66. The molecule has 1 aliphatic heterocycles. The van der Waals surface area contributed by atoms with Gasteiger partial charge in [0.1, 0.15) is 29.3 Å². The van der Waals surface area contributed by atoms with Crippen LogP contribution in [0.25, 0.3) is 0 Å². The Bertz CT molecular complexity index is 1610. The first-order chi connectivity index (χ1) is 22.8. The zero-order valence-electron chi connectivity index (χ0n) is 26.6. The lowest BCUT2D eigenvalue weighted by atomic mass is 9.84. The summed E-state index contributed by atoms with van der Waals surface area (Å²) in [7, 11) is 1.57. The first-order valence-corrected chi connectivity index (χ1v) is 15.8. The Morgan fingerprint density at radius 2 is 1.68 bits per heavy atom. The topological polar surface area (TPSA) is 126 Å². The Morgan fingerprint density at radius 3 is 2.32 bits per heavy atom. The largest absolute Gasteiger partial charge is 0.497 e. The van der Waals surface area contributed by atoms with E-state index >= 15 is 0 Å². The number of hydrogen-bond donors (Lipinski definition) is 3. The number of amides is 3. The molecule has 10 nitrogen and oxygen atoms in total. The number of ether oxygens (including phenoxy) is 2. The van der Waals surface area contributed by atoms with E-state index < -0.39 is 29.5 Å². The molecular weight excluding hydrogens is 601 g/mol. The number of nitrogens with one attached hydrogen (secondary N) is 3. The van der Waals surface area contributed by atoms with Gasteiger partial charge in [-0.3, -0.25) is 14.4 Å². The highest BCUT2D eigenvalue weighted by atomic mass is 19.1. The van der Waals surface area contributed by atoms with Gasteiger partial charge in [0, 0.05) is 36.9 Å². The van der Waals surface area contributed by atoms with Gasteiger partial charge in [-0.15, -0.1) is 0 Å². The van der Waals surface area contributed by atoms with Crippen LogP contribution in [0.2, 0.25) is 0 Å². The van der Waals surface area contributed by atoms with E-state index in [1.807, 2.05) is 12.1 Å². The molecule has 1 saturated heterocycles. The molecule has 2 heterocycles. The van der Waals surface area contributed by atoms with Gasteiger partial charge in [-0.25, -0.2) is 9.37 Å². The summed E-state index contributed by atoms with van der Waals surface area (Å²) in [6.45, 7) is 3.06. The van der Waals surface area contributed by atoms with Crippen LogP contribution in [-0.4, -0.2) is 71.5 Å². The third-order valence-corrected chi connectivity index (χ3v) is 8.30. The van der Waals surface area contributed by atoms with Crippen molar-refractivity contribution in [3.8, 4) is 5.75 Å². The highest BCUT2D eigenvalue weighted by Gasteiger charge is 2.49. The molecule has 1 aromatic heterocycles. The number of unbranched alkanes of at least 4 members (excludes halogenated alkanes) is 1. The second kappa shape index (κ2) is 15.5. The van der Waals surface area contributed by atoms with Gasteiger partial charge in [-0.1, -0.05) is 55.8 Å². The predicted octanol–water partition coefficient (Wildman–Crippen LogP) is 4.18. The van der Waals surface area contributed by atoms with Crippen LogP contribution in [0.15, 0.2) is 91.4 Å². The average Bonchev–Trinajstić information content (AvgIpc) is 3.59. The number of aromatic nitrogens is 2. The van der Waals surface area contributed by atoms with Gasteiger partial charge in [-0.05, 0) is 53.9 Å². The number of carbonyl (C=O) groups excluding carboxylic acids is 3. The summed E-state index contributed by atoms with van der Waals surface area (Å²) in [5, 5.41) is 5.77. The molecule has 0 unspecified atom stereocenters. The van der Waals surface area contributed by atoms with Gasteiger partial charge in [0.15, 0.2) is 0 Å². The number of halogens is 1. The third kappa shape index (κ3) is 8.42. The van der Waals surface area contributed by atoms with E-state index in [4.69, 9.17) is 9.47 Å². The Labute approximate surface area is 273 Å². The summed E-state index contributed by atoms with van der Waals surface area (Å²) in [5.41, 5.74) is 1.87. The number of H-pyrrole nitrogens is 1. The molecule has 3 aromatic carbocycles. The Hall–Kier alpha value is -5.03. The van der Waals surface area contributed by atoms with Gasteiger partial charge in [0.05, 0.1) is 26.5 Å². The number of hydrogen-bond acceptors (Lipinski definition) is 6. The van der Waals surface area contributed by atoms with Crippen molar-refractivity contribution in [3.05, 3.63) is 120 Å². The average molecular weight is 642 g/mol. The summed E-state index contributed by atoms with van der Waals surface area (Å²) in [6.07, 6.45) is 5.21. The second-order valence-electron chi connectivity index (χ2n) is 11.7. The van der Waals surface area contributed by atoms with Crippen LogP contribution >= 0.6 is 0 Å². The Balaban J connectivity index is 1.37. The van der Waals surface area contributed by atoms with E-state index in [0.29, 0.717) is 23.6 Å². The zero-order chi connectivity index (χ0) is 33.2.